The highest BCUT2D eigenvalue weighted by Crippen LogP contribution is 2.38. The van der Waals surface area contributed by atoms with Gasteiger partial charge in [0.25, 0.3) is 0 Å². The average molecular weight is 288 g/mol. The summed E-state index contributed by atoms with van der Waals surface area (Å²) in [6.45, 7) is 0. The summed E-state index contributed by atoms with van der Waals surface area (Å²) in [5.41, 5.74) is 7.68. The third-order valence-electron chi connectivity index (χ3n) is 5.38. The zero-order chi connectivity index (χ0) is 14.8. The second-order valence-electron chi connectivity index (χ2n) is 6.88. The van der Waals surface area contributed by atoms with Gasteiger partial charge in [0.05, 0.1) is 0 Å². The molecule has 22 heavy (non-hydrogen) atoms. The maximum atomic E-state index is 2.53. The minimum Gasteiger partial charge on any atom is -0.0622 e. The Bertz CT molecular complexity index is 672. The van der Waals surface area contributed by atoms with Gasteiger partial charge in [0.15, 0.2) is 0 Å². The molecule has 0 heterocycles. The van der Waals surface area contributed by atoms with Crippen molar-refractivity contribution in [2.24, 2.45) is 5.92 Å². The van der Waals surface area contributed by atoms with E-state index in [4.69, 9.17) is 0 Å². The van der Waals surface area contributed by atoms with E-state index >= 15 is 0 Å². The molecule has 0 radical (unpaired) electrons. The molecule has 1 fully saturated rings. The van der Waals surface area contributed by atoms with Crippen LogP contribution >= 0.6 is 0 Å². The summed E-state index contributed by atoms with van der Waals surface area (Å²) in [5.74, 6) is 0.853. The highest BCUT2D eigenvalue weighted by molar-refractivity contribution is 5.67. The summed E-state index contributed by atoms with van der Waals surface area (Å²) in [6, 6.07) is 17.7. The highest BCUT2D eigenvalue weighted by Gasteiger charge is 2.23. The molecule has 2 aromatic carbocycles. The van der Waals surface area contributed by atoms with Gasteiger partial charge >= 0.3 is 0 Å². The molecule has 2 aliphatic carbocycles. The molecule has 0 aromatic heterocycles. The molecule has 0 atom stereocenters. The Morgan fingerprint density at radius 3 is 2.45 bits per heavy atom. The van der Waals surface area contributed by atoms with Gasteiger partial charge in [-0.1, -0.05) is 79.4 Å². The molecule has 4 rings (SSSR count). The van der Waals surface area contributed by atoms with Crippen LogP contribution < -0.4 is 0 Å². The van der Waals surface area contributed by atoms with Crippen molar-refractivity contribution in [3.05, 3.63) is 76.4 Å². The van der Waals surface area contributed by atoms with Crippen molar-refractivity contribution >= 4 is 6.08 Å². The second-order valence-corrected chi connectivity index (χ2v) is 6.88. The van der Waals surface area contributed by atoms with Gasteiger partial charge in [-0.25, -0.2) is 0 Å². The van der Waals surface area contributed by atoms with Gasteiger partial charge in [0, 0.05) is 0 Å². The van der Waals surface area contributed by atoms with Gasteiger partial charge in [-0.2, -0.15) is 0 Å². The molecule has 0 spiro atoms. The zero-order valence-electron chi connectivity index (χ0n) is 13.2. The molecule has 2 aromatic rings. The van der Waals surface area contributed by atoms with E-state index in [1.165, 1.54) is 55.2 Å². The van der Waals surface area contributed by atoms with Crippen LogP contribution in [0.15, 0.2) is 54.1 Å². The van der Waals surface area contributed by atoms with E-state index < -0.39 is 0 Å². The van der Waals surface area contributed by atoms with E-state index in [0.29, 0.717) is 0 Å². The van der Waals surface area contributed by atoms with Crippen LogP contribution in [0.5, 0.6) is 0 Å². The Labute approximate surface area is 133 Å². The quantitative estimate of drug-likeness (QED) is 0.670. The molecule has 0 nitrogen and oxygen atoms in total. The third kappa shape index (κ3) is 2.75. The van der Waals surface area contributed by atoms with E-state index in [-0.39, 0.29) is 0 Å². The lowest BCUT2D eigenvalue weighted by Crippen LogP contribution is -2.08. The van der Waals surface area contributed by atoms with E-state index in [0.717, 1.165) is 12.3 Å². The molecule has 0 amide bonds. The number of hydrogen-bond donors (Lipinski definition) is 0. The van der Waals surface area contributed by atoms with Gasteiger partial charge in [-0.05, 0) is 53.9 Å². The van der Waals surface area contributed by atoms with Gasteiger partial charge in [-0.15, -0.1) is 0 Å². The van der Waals surface area contributed by atoms with Crippen LogP contribution in [0, 0.1) is 5.92 Å². The summed E-state index contributed by atoms with van der Waals surface area (Å²) in [6.07, 6.45) is 11.9. The Kier molecular flexibility index (Phi) is 3.84. The van der Waals surface area contributed by atoms with Gasteiger partial charge < -0.3 is 0 Å². The predicted octanol–water partition coefficient (Wildman–Crippen LogP) is 5.80. The average Bonchev–Trinajstić information content (AvgIpc) is 3.02. The zero-order valence-corrected chi connectivity index (χ0v) is 13.2. The predicted molar refractivity (Wildman–Crippen MR) is 93.9 cm³/mol. The van der Waals surface area contributed by atoms with Crippen LogP contribution in [0.2, 0.25) is 0 Å². The van der Waals surface area contributed by atoms with Crippen molar-refractivity contribution in [1.82, 2.24) is 0 Å². The van der Waals surface area contributed by atoms with Crippen molar-refractivity contribution in [2.75, 3.05) is 0 Å². The molecule has 112 valence electrons. The molecular weight excluding hydrogens is 264 g/mol. The van der Waals surface area contributed by atoms with E-state index in [1.54, 1.807) is 11.1 Å². The summed E-state index contributed by atoms with van der Waals surface area (Å²) in [4.78, 5) is 0. The Morgan fingerprint density at radius 1 is 0.818 bits per heavy atom. The summed E-state index contributed by atoms with van der Waals surface area (Å²) in [7, 11) is 0. The molecular formula is C22H24. The number of benzene rings is 2. The number of allylic oxidation sites excluding steroid dienone is 1. The smallest absolute Gasteiger partial charge is 0.00197 e. The Balaban J connectivity index is 1.61. The first-order valence-corrected chi connectivity index (χ1v) is 8.75. The lowest BCUT2D eigenvalue weighted by Gasteiger charge is -2.22. The van der Waals surface area contributed by atoms with Gasteiger partial charge in [0.2, 0.25) is 0 Å². The minimum atomic E-state index is 0.853. The van der Waals surface area contributed by atoms with Crippen molar-refractivity contribution in [3.63, 3.8) is 0 Å². The summed E-state index contributed by atoms with van der Waals surface area (Å²) < 4.78 is 0. The second kappa shape index (κ2) is 6.12. The van der Waals surface area contributed by atoms with Gasteiger partial charge in [-0.3, -0.25) is 0 Å². The third-order valence-corrected chi connectivity index (χ3v) is 5.38. The van der Waals surface area contributed by atoms with Crippen LogP contribution in [-0.4, -0.2) is 0 Å². The fourth-order valence-electron chi connectivity index (χ4n) is 4.17. The first-order valence-electron chi connectivity index (χ1n) is 8.75. The first-order chi connectivity index (χ1) is 10.9. The lowest BCUT2D eigenvalue weighted by molar-refractivity contribution is 0.401. The van der Waals surface area contributed by atoms with E-state index in [1.807, 2.05) is 0 Å². The van der Waals surface area contributed by atoms with Crippen molar-refractivity contribution in [3.8, 4) is 0 Å². The van der Waals surface area contributed by atoms with Gasteiger partial charge in [0.1, 0.15) is 0 Å². The van der Waals surface area contributed by atoms with E-state index in [2.05, 4.69) is 54.6 Å². The highest BCUT2D eigenvalue weighted by atomic mass is 14.3. The fraction of sp³-hybridized carbons (Fsp3) is 0.364. The monoisotopic (exact) mass is 288 g/mol. The molecule has 0 unspecified atom stereocenters. The SMILES string of the molecule is C1=C(C2CCCCC2)Cc2cccc(Cc3ccccc3)c21. The molecule has 0 saturated heterocycles. The maximum Gasteiger partial charge on any atom is -0.00197 e. The topological polar surface area (TPSA) is 0 Å². The largest absolute Gasteiger partial charge is 0.0622 e. The van der Waals surface area contributed by atoms with Crippen LogP contribution in [0.3, 0.4) is 0 Å². The van der Waals surface area contributed by atoms with Crippen LogP contribution in [0.4, 0.5) is 0 Å². The Hall–Kier alpha value is -1.82. The van der Waals surface area contributed by atoms with Crippen molar-refractivity contribution < 1.29 is 0 Å². The van der Waals surface area contributed by atoms with Crippen LogP contribution in [0.25, 0.3) is 6.08 Å². The number of fused-ring (bicyclic) bond motifs is 1. The van der Waals surface area contributed by atoms with E-state index in [9.17, 15) is 0 Å². The summed E-state index contributed by atoms with van der Waals surface area (Å²) >= 11 is 0. The van der Waals surface area contributed by atoms with Crippen LogP contribution in [0.1, 0.15) is 54.4 Å². The first kappa shape index (κ1) is 13.8. The van der Waals surface area contributed by atoms with Crippen molar-refractivity contribution in [2.45, 2.75) is 44.9 Å². The molecule has 0 aliphatic heterocycles. The Morgan fingerprint density at radius 2 is 1.64 bits per heavy atom. The normalized spacial score (nSPS) is 18.1. The van der Waals surface area contributed by atoms with Crippen molar-refractivity contribution in [1.29, 1.82) is 0 Å². The molecule has 1 saturated carbocycles. The number of hydrogen-bond acceptors (Lipinski definition) is 0. The standard InChI is InChI=1S/C22H24/c1-3-8-17(9-4-1)14-19-12-7-13-20-15-21(16-22(19)20)18-10-5-2-6-11-18/h1,3-4,7-9,12-13,16,18H,2,5-6,10-11,14-15H2. The molecule has 0 heteroatoms. The lowest BCUT2D eigenvalue weighted by atomic mass is 9.83. The maximum absolute atomic E-state index is 2.53. The fourth-order valence-corrected chi connectivity index (χ4v) is 4.17. The van der Waals surface area contributed by atoms with Crippen LogP contribution in [-0.2, 0) is 12.8 Å². The molecule has 0 N–H and O–H groups in total. The molecule has 2 aliphatic rings. The number of rotatable bonds is 3. The minimum absolute atomic E-state index is 0.853. The molecule has 0 bridgehead atoms. The summed E-state index contributed by atoms with van der Waals surface area (Å²) in [5, 5.41) is 0.